The van der Waals surface area contributed by atoms with Gasteiger partial charge in [0.25, 0.3) is 0 Å². The number of benzene rings is 1. The van der Waals surface area contributed by atoms with Crippen molar-refractivity contribution in [2.24, 2.45) is 5.73 Å². The summed E-state index contributed by atoms with van der Waals surface area (Å²) in [6.07, 6.45) is 0.419. The summed E-state index contributed by atoms with van der Waals surface area (Å²) in [7, 11) is 1.81. The van der Waals surface area contributed by atoms with Crippen molar-refractivity contribution < 1.29 is 4.79 Å². The third-order valence-electron chi connectivity index (χ3n) is 2.29. The molecule has 1 aromatic rings. The first-order valence-electron chi connectivity index (χ1n) is 5.13. The Morgan fingerprint density at radius 3 is 2.80 bits per heavy atom. The lowest BCUT2D eigenvalue weighted by Gasteiger charge is -2.17. The maximum atomic E-state index is 11.5. The molecule has 0 spiro atoms. The van der Waals surface area contributed by atoms with Gasteiger partial charge in [-0.2, -0.15) is 0 Å². The smallest absolute Gasteiger partial charge is 0.223 e. The van der Waals surface area contributed by atoms with E-state index in [4.69, 9.17) is 5.73 Å². The number of rotatable bonds is 4. The molecule has 3 nitrogen and oxygen atoms in total. The van der Waals surface area contributed by atoms with Crippen LogP contribution in [0, 0.1) is 6.92 Å². The molecule has 0 unspecified atom stereocenters. The molecule has 0 atom stereocenters. The number of nitrogens with zero attached hydrogens (tertiary/aromatic N) is 1. The van der Waals surface area contributed by atoms with Crippen molar-refractivity contribution in [2.45, 2.75) is 19.9 Å². The number of carbonyl (C=O) groups excluding carboxylic acids is 1. The van der Waals surface area contributed by atoms with Gasteiger partial charge in [-0.1, -0.05) is 29.8 Å². The maximum absolute atomic E-state index is 11.5. The Bertz CT molecular complexity index is 336. The Balaban J connectivity index is 2.58. The van der Waals surface area contributed by atoms with Gasteiger partial charge in [-0.3, -0.25) is 4.79 Å². The van der Waals surface area contributed by atoms with Crippen molar-refractivity contribution in [1.82, 2.24) is 4.90 Å². The van der Waals surface area contributed by atoms with Crippen molar-refractivity contribution >= 4 is 5.91 Å². The highest BCUT2D eigenvalue weighted by molar-refractivity contribution is 5.76. The van der Waals surface area contributed by atoms with Crippen LogP contribution in [0.2, 0.25) is 0 Å². The molecule has 15 heavy (non-hydrogen) atoms. The van der Waals surface area contributed by atoms with Crippen LogP contribution < -0.4 is 5.73 Å². The number of nitrogens with two attached hydrogens (primary N) is 1. The lowest BCUT2D eigenvalue weighted by atomic mass is 10.1. The zero-order valence-corrected chi connectivity index (χ0v) is 9.36. The highest BCUT2D eigenvalue weighted by Gasteiger charge is 2.07. The summed E-state index contributed by atoms with van der Waals surface area (Å²) in [5.74, 6) is 0.0963. The van der Waals surface area contributed by atoms with Gasteiger partial charge in [0.15, 0.2) is 0 Å². The summed E-state index contributed by atoms with van der Waals surface area (Å²) in [5, 5.41) is 0. The molecule has 0 saturated carbocycles. The van der Waals surface area contributed by atoms with E-state index in [2.05, 4.69) is 6.07 Å². The van der Waals surface area contributed by atoms with Crippen LogP contribution >= 0.6 is 0 Å². The number of hydrogen-bond acceptors (Lipinski definition) is 2. The van der Waals surface area contributed by atoms with E-state index in [0.29, 0.717) is 19.5 Å². The molecule has 82 valence electrons. The van der Waals surface area contributed by atoms with E-state index in [-0.39, 0.29) is 5.91 Å². The van der Waals surface area contributed by atoms with E-state index in [1.807, 2.05) is 25.1 Å². The molecule has 0 saturated heterocycles. The average molecular weight is 206 g/mol. The number of amides is 1. The topological polar surface area (TPSA) is 46.3 Å². The Hall–Kier alpha value is -1.35. The monoisotopic (exact) mass is 206 g/mol. The van der Waals surface area contributed by atoms with Gasteiger partial charge in [-0.05, 0) is 12.5 Å². The lowest BCUT2D eigenvalue weighted by Crippen LogP contribution is -2.27. The summed E-state index contributed by atoms with van der Waals surface area (Å²) >= 11 is 0. The van der Waals surface area contributed by atoms with Crippen molar-refractivity contribution in [3.05, 3.63) is 35.4 Å². The molecule has 0 heterocycles. The fraction of sp³-hybridized carbons (Fsp3) is 0.417. The molecule has 0 bridgehead atoms. The van der Waals surface area contributed by atoms with E-state index in [1.54, 1.807) is 11.9 Å². The maximum Gasteiger partial charge on any atom is 0.223 e. The fourth-order valence-corrected chi connectivity index (χ4v) is 1.49. The number of carbonyl (C=O) groups is 1. The number of hydrogen-bond donors (Lipinski definition) is 1. The van der Waals surface area contributed by atoms with Gasteiger partial charge < -0.3 is 10.6 Å². The molecule has 2 N–H and O–H groups in total. The van der Waals surface area contributed by atoms with Crippen molar-refractivity contribution in [3.8, 4) is 0 Å². The SMILES string of the molecule is Cc1cccc(CN(C)C(=O)CCN)c1. The number of aryl methyl sites for hydroxylation is 1. The van der Waals surface area contributed by atoms with E-state index in [0.717, 1.165) is 5.56 Å². The predicted octanol–water partition coefficient (Wildman–Crippen LogP) is 1.30. The molecule has 1 amide bonds. The third-order valence-corrected chi connectivity index (χ3v) is 2.29. The van der Waals surface area contributed by atoms with Crippen molar-refractivity contribution in [2.75, 3.05) is 13.6 Å². The van der Waals surface area contributed by atoms with Crippen molar-refractivity contribution in [1.29, 1.82) is 0 Å². The van der Waals surface area contributed by atoms with Crippen LogP contribution in [0.15, 0.2) is 24.3 Å². The van der Waals surface area contributed by atoms with Crippen LogP contribution in [0.1, 0.15) is 17.5 Å². The molecular weight excluding hydrogens is 188 g/mol. The summed E-state index contributed by atoms with van der Waals surface area (Å²) in [6.45, 7) is 3.11. The first-order valence-corrected chi connectivity index (χ1v) is 5.13. The van der Waals surface area contributed by atoms with Crippen LogP contribution in [0.25, 0.3) is 0 Å². The van der Waals surface area contributed by atoms with Gasteiger partial charge in [0, 0.05) is 26.6 Å². The minimum atomic E-state index is 0.0963. The summed E-state index contributed by atoms with van der Waals surface area (Å²) in [6, 6.07) is 8.17. The predicted molar refractivity (Wildman–Crippen MR) is 61.3 cm³/mol. The molecule has 0 fully saturated rings. The zero-order chi connectivity index (χ0) is 11.3. The van der Waals surface area contributed by atoms with Gasteiger partial charge in [0.2, 0.25) is 5.91 Å². The van der Waals surface area contributed by atoms with E-state index < -0.39 is 0 Å². The van der Waals surface area contributed by atoms with Crippen LogP contribution in [0.5, 0.6) is 0 Å². The first kappa shape index (κ1) is 11.7. The molecule has 1 rings (SSSR count). The molecule has 0 aliphatic rings. The van der Waals surface area contributed by atoms with Crippen LogP contribution in [0.4, 0.5) is 0 Å². The van der Waals surface area contributed by atoms with Gasteiger partial charge in [-0.25, -0.2) is 0 Å². The second-order valence-corrected chi connectivity index (χ2v) is 3.78. The summed E-state index contributed by atoms with van der Waals surface area (Å²) in [5.41, 5.74) is 7.71. The van der Waals surface area contributed by atoms with Gasteiger partial charge in [0.1, 0.15) is 0 Å². The van der Waals surface area contributed by atoms with Gasteiger partial charge in [0.05, 0.1) is 0 Å². The normalized spacial score (nSPS) is 10.1. The van der Waals surface area contributed by atoms with Crippen LogP contribution in [-0.4, -0.2) is 24.4 Å². The zero-order valence-electron chi connectivity index (χ0n) is 9.36. The van der Waals surface area contributed by atoms with Gasteiger partial charge >= 0.3 is 0 Å². The summed E-state index contributed by atoms with van der Waals surface area (Å²) < 4.78 is 0. The second-order valence-electron chi connectivity index (χ2n) is 3.78. The highest BCUT2D eigenvalue weighted by atomic mass is 16.2. The Morgan fingerprint density at radius 1 is 1.47 bits per heavy atom. The molecule has 0 aromatic heterocycles. The quantitative estimate of drug-likeness (QED) is 0.807. The standard InChI is InChI=1S/C12H18N2O/c1-10-4-3-5-11(8-10)9-14(2)12(15)6-7-13/h3-5,8H,6-7,9,13H2,1-2H3. The van der Waals surface area contributed by atoms with Crippen LogP contribution in [-0.2, 0) is 11.3 Å². The minimum absolute atomic E-state index is 0.0963. The Kier molecular flexibility index (Phi) is 4.31. The largest absolute Gasteiger partial charge is 0.341 e. The Morgan fingerprint density at radius 2 is 2.20 bits per heavy atom. The highest BCUT2D eigenvalue weighted by Crippen LogP contribution is 2.07. The fourth-order valence-electron chi connectivity index (χ4n) is 1.49. The van der Waals surface area contributed by atoms with E-state index in [9.17, 15) is 4.79 Å². The van der Waals surface area contributed by atoms with Crippen molar-refractivity contribution in [3.63, 3.8) is 0 Å². The lowest BCUT2D eigenvalue weighted by molar-refractivity contribution is -0.130. The van der Waals surface area contributed by atoms with Crippen LogP contribution in [0.3, 0.4) is 0 Å². The minimum Gasteiger partial charge on any atom is -0.341 e. The van der Waals surface area contributed by atoms with E-state index in [1.165, 1.54) is 5.56 Å². The molecule has 3 heteroatoms. The molecule has 0 radical (unpaired) electrons. The average Bonchev–Trinajstić information content (AvgIpc) is 2.18. The second kappa shape index (κ2) is 5.51. The molecule has 0 aliphatic heterocycles. The first-order chi connectivity index (χ1) is 7.13. The molecular formula is C12H18N2O. The molecule has 1 aromatic carbocycles. The summed E-state index contributed by atoms with van der Waals surface area (Å²) in [4.78, 5) is 13.2. The third kappa shape index (κ3) is 3.72. The molecule has 0 aliphatic carbocycles. The Labute approximate surface area is 90.9 Å². The van der Waals surface area contributed by atoms with E-state index >= 15 is 0 Å². The van der Waals surface area contributed by atoms with Gasteiger partial charge in [-0.15, -0.1) is 0 Å².